The van der Waals surface area contributed by atoms with Gasteiger partial charge in [0.2, 0.25) is 5.95 Å². The van der Waals surface area contributed by atoms with E-state index in [1.54, 1.807) is 18.2 Å². The minimum Gasteiger partial charge on any atom is -0.368 e. The molecule has 1 aromatic carbocycles. The highest BCUT2D eigenvalue weighted by atomic mass is 35.5. The van der Waals surface area contributed by atoms with Gasteiger partial charge < -0.3 is 11.1 Å². The fraction of sp³-hybridized carbons (Fsp3) is 0. The van der Waals surface area contributed by atoms with Crippen LogP contribution in [-0.4, -0.2) is 9.97 Å². The lowest BCUT2D eigenvalue weighted by atomic mass is 10.3. The van der Waals surface area contributed by atoms with Gasteiger partial charge in [0.1, 0.15) is 5.02 Å². The van der Waals surface area contributed by atoms with Gasteiger partial charge in [-0.1, -0.05) is 34.8 Å². The molecule has 17 heavy (non-hydrogen) atoms. The second-order valence-corrected chi connectivity index (χ2v) is 4.49. The van der Waals surface area contributed by atoms with Crippen LogP contribution in [0.2, 0.25) is 15.1 Å². The number of halogens is 3. The molecule has 0 unspecified atom stereocenters. The molecule has 0 saturated carbocycles. The zero-order chi connectivity index (χ0) is 12.4. The van der Waals surface area contributed by atoms with Crippen LogP contribution in [0.25, 0.3) is 0 Å². The third-order valence-electron chi connectivity index (χ3n) is 1.89. The Hall–Kier alpha value is -1.23. The third kappa shape index (κ3) is 3.12. The van der Waals surface area contributed by atoms with E-state index in [9.17, 15) is 0 Å². The molecule has 2 aromatic rings. The summed E-state index contributed by atoms with van der Waals surface area (Å²) in [6.07, 6.45) is 1.42. The van der Waals surface area contributed by atoms with Crippen LogP contribution < -0.4 is 11.1 Å². The summed E-state index contributed by atoms with van der Waals surface area (Å²) in [4.78, 5) is 7.72. The Morgan fingerprint density at radius 2 is 1.71 bits per heavy atom. The van der Waals surface area contributed by atoms with E-state index < -0.39 is 0 Å². The fourth-order valence-corrected chi connectivity index (χ4v) is 1.90. The lowest BCUT2D eigenvalue weighted by Gasteiger charge is -2.08. The molecule has 2 rings (SSSR count). The molecule has 0 aliphatic carbocycles. The molecule has 0 radical (unpaired) electrons. The van der Waals surface area contributed by atoms with Crippen molar-refractivity contribution >= 4 is 52.3 Å². The first-order valence-electron chi connectivity index (χ1n) is 4.56. The van der Waals surface area contributed by atoms with Crippen molar-refractivity contribution < 1.29 is 0 Å². The predicted octanol–water partition coefficient (Wildman–Crippen LogP) is 3.76. The van der Waals surface area contributed by atoms with E-state index in [4.69, 9.17) is 40.5 Å². The Morgan fingerprint density at radius 3 is 2.35 bits per heavy atom. The van der Waals surface area contributed by atoms with Crippen molar-refractivity contribution in [2.24, 2.45) is 0 Å². The molecule has 0 spiro atoms. The number of benzene rings is 1. The summed E-state index contributed by atoms with van der Waals surface area (Å²) in [6.45, 7) is 0. The number of rotatable bonds is 2. The molecule has 1 aromatic heterocycles. The Morgan fingerprint density at radius 1 is 1.06 bits per heavy atom. The van der Waals surface area contributed by atoms with Gasteiger partial charge in [0.25, 0.3) is 0 Å². The molecule has 0 aliphatic heterocycles. The van der Waals surface area contributed by atoms with Crippen LogP contribution in [0.5, 0.6) is 0 Å². The Bertz CT molecular complexity index is 539. The first kappa shape index (κ1) is 12.2. The number of nitrogens with one attached hydrogen (secondary N) is 1. The molecule has 4 nitrogen and oxygen atoms in total. The Labute approximate surface area is 113 Å². The maximum absolute atomic E-state index is 5.92. The van der Waals surface area contributed by atoms with Gasteiger partial charge in [-0.3, -0.25) is 0 Å². The van der Waals surface area contributed by atoms with Gasteiger partial charge >= 0.3 is 0 Å². The molecule has 1 heterocycles. The summed E-state index contributed by atoms with van der Waals surface area (Å²) in [7, 11) is 0. The predicted molar refractivity (Wildman–Crippen MR) is 71.2 cm³/mol. The van der Waals surface area contributed by atoms with Crippen LogP contribution in [0.15, 0.2) is 24.4 Å². The molecule has 0 amide bonds. The third-order valence-corrected chi connectivity index (χ3v) is 2.60. The maximum atomic E-state index is 5.92. The van der Waals surface area contributed by atoms with E-state index in [0.717, 1.165) is 0 Å². The summed E-state index contributed by atoms with van der Waals surface area (Å²) in [5, 5.41) is 4.34. The van der Waals surface area contributed by atoms with Gasteiger partial charge in [0.15, 0.2) is 5.82 Å². The van der Waals surface area contributed by atoms with Crippen molar-refractivity contribution in [1.82, 2.24) is 9.97 Å². The molecule has 0 bridgehead atoms. The van der Waals surface area contributed by atoms with Crippen molar-refractivity contribution in [2.45, 2.75) is 0 Å². The van der Waals surface area contributed by atoms with E-state index in [-0.39, 0.29) is 5.95 Å². The molecule has 0 atom stereocenters. The van der Waals surface area contributed by atoms with Crippen molar-refractivity contribution in [3.63, 3.8) is 0 Å². The van der Waals surface area contributed by atoms with E-state index >= 15 is 0 Å². The quantitative estimate of drug-likeness (QED) is 0.883. The minimum atomic E-state index is 0.130. The van der Waals surface area contributed by atoms with E-state index in [0.29, 0.717) is 26.6 Å². The molecule has 3 N–H and O–H groups in total. The molecular formula is C10H7Cl3N4. The van der Waals surface area contributed by atoms with Crippen LogP contribution in [-0.2, 0) is 0 Å². The lowest BCUT2D eigenvalue weighted by molar-refractivity contribution is 1.18. The standard InChI is InChI=1S/C10H7Cl3N4/c11-5-1-6(12)3-7(2-5)16-9-8(13)4-15-10(14)17-9/h1-4H,(H3,14,15,16,17). The highest BCUT2D eigenvalue weighted by Crippen LogP contribution is 2.27. The Kier molecular flexibility index (Phi) is 3.57. The molecule has 88 valence electrons. The fourth-order valence-electron chi connectivity index (χ4n) is 1.23. The first-order chi connectivity index (χ1) is 8.04. The molecule has 7 heteroatoms. The number of nitrogens with two attached hydrogens (primary N) is 1. The monoisotopic (exact) mass is 288 g/mol. The van der Waals surface area contributed by atoms with E-state index in [1.807, 2.05) is 0 Å². The molecular weight excluding hydrogens is 282 g/mol. The Balaban J connectivity index is 2.34. The van der Waals surface area contributed by atoms with Gasteiger partial charge in [-0.25, -0.2) is 4.98 Å². The summed E-state index contributed by atoms with van der Waals surface area (Å²) in [5.74, 6) is 0.530. The van der Waals surface area contributed by atoms with Gasteiger partial charge in [-0.05, 0) is 18.2 Å². The van der Waals surface area contributed by atoms with Crippen molar-refractivity contribution in [2.75, 3.05) is 11.1 Å². The SMILES string of the molecule is Nc1ncc(Cl)c(Nc2cc(Cl)cc(Cl)c2)n1. The highest BCUT2D eigenvalue weighted by Gasteiger charge is 2.05. The number of hydrogen-bond donors (Lipinski definition) is 2. The lowest BCUT2D eigenvalue weighted by Crippen LogP contribution is -2.00. The van der Waals surface area contributed by atoms with Crippen molar-refractivity contribution in [3.05, 3.63) is 39.5 Å². The summed E-state index contributed by atoms with van der Waals surface area (Å²) in [5.41, 5.74) is 6.14. The number of hydrogen-bond acceptors (Lipinski definition) is 4. The van der Waals surface area contributed by atoms with Crippen LogP contribution in [0.1, 0.15) is 0 Å². The van der Waals surface area contributed by atoms with Crippen molar-refractivity contribution in [1.29, 1.82) is 0 Å². The summed E-state index contributed by atoms with van der Waals surface area (Å²) >= 11 is 17.7. The number of aromatic nitrogens is 2. The average Bonchev–Trinajstić information content (AvgIpc) is 2.22. The molecule has 0 saturated heterocycles. The van der Waals surface area contributed by atoms with Gasteiger partial charge in [0, 0.05) is 15.7 Å². The summed E-state index contributed by atoms with van der Waals surface area (Å²) in [6, 6.07) is 5.02. The highest BCUT2D eigenvalue weighted by molar-refractivity contribution is 6.35. The van der Waals surface area contributed by atoms with E-state index in [2.05, 4.69) is 15.3 Å². The van der Waals surface area contributed by atoms with E-state index in [1.165, 1.54) is 6.20 Å². The first-order valence-corrected chi connectivity index (χ1v) is 5.69. The van der Waals surface area contributed by atoms with Crippen LogP contribution in [0, 0.1) is 0 Å². The second-order valence-electron chi connectivity index (χ2n) is 3.21. The zero-order valence-electron chi connectivity index (χ0n) is 8.42. The van der Waals surface area contributed by atoms with Gasteiger partial charge in [0.05, 0.1) is 6.20 Å². The largest absolute Gasteiger partial charge is 0.368 e. The number of nitrogens with zero attached hydrogens (tertiary/aromatic N) is 2. The smallest absolute Gasteiger partial charge is 0.222 e. The van der Waals surface area contributed by atoms with Crippen LogP contribution in [0.4, 0.5) is 17.5 Å². The van der Waals surface area contributed by atoms with Gasteiger partial charge in [-0.15, -0.1) is 0 Å². The number of nitrogen functional groups attached to an aromatic ring is 1. The maximum Gasteiger partial charge on any atom is 0.222 e. The zero-order valence-corrected chi connectivity index (χ0v) is 10.7. The molecule has 0 aliphatic rings. The number of anilines is 3. The minimum absolute atomic E-state index is 0.130. The van der Waals surface area contributed by atoms with Crippen LogP contribution >= 0.6 is 34.8 Å². The topological polar surface area (TPSA) is 63.8 Å². The second kappa shape index (κ2) is 4.96. The van der Waals surface area contributed by atoms with Crippen LogP contribution in [0.3, 0.4) is 0 Å². The van der Waals surface area contributed by atoms with Gasteiger partial charge in [-0.2, -0.15) is 4.98 Å². The normalized spacial score (nSPS) is 10.3. The summed E-state index contributed by atoms with van der Waals surface area (Å²) < 4.78 is 0. The molecule has 0 fully saturated rings. The average molecular weight is 290 g/mol. The van der Waals surface area contributed by atoms with Crippen molar-refractivity contribution in [3.8, 4) is 0 Å².